The average Bonchev–Trinajstić information content (AvgIpc) is 2.03. The van der Waals surface area contributed by atoms with Crippen LogP contribution in [0.5, 0.6) is 0 Å². The zero-order valence-electron chi connectivity index (χ0n) is 5.71. The lowest BCUT2D eigenvalue weighted by Crippen LogP contribution is -1.95. The summed E-state index contributed by atoms with van der Waals surface area (Å²) >= 11 is 10.6. The Kier molecular flexibility index (Phi) is 2.64. The molecule has 1 aromatic heterocycles. The van der Waals surface area contributed by atoms with Gasteiger partial charge in [-0.2, -0.15) is 5.26 Å². The quantitative estimate of drug-likeness (QED) is 0.515. The lowest BCUT2D eigenvalue weighted by atomic mass is 10.2. The fourth-order valence-electron chi connectivity index (χ4n) is 0.679. The van der Waals surface area contributed by atoms with Gasteiger partial charge in [0, 0.05) is 6.20 Å². The molecule has 0 saturated heterocycles. The van der Waals surface area contributed by atoms with Gasteiger partial charge in [0.25, 0.3) is 5.24 Å². The van der Waals surface area contributed by atoms with E-state index in [0.717, 1.165) is 0 Å². The molecule has 0 saturated carbocycles. The van der Waals surface area contributed by atoms with Crippen molar-refractivity contribution < 1.29 is 4.79 Å². The van der Waals surface area contributed by atoms with Crippen LogP contribution in [0, 0.1) is 11.3 Å². The van der Waals surface area contributed by atoms with E-state index in [9.17, 15) is 4.79 Å². The van der Waals surface area contributed by atoms with E-state index in [-0.39, 0.29) is 16.3 Å². The number of carbonyl (C=O) groups is 1. The Morgan fingerprint density at radius 3 is 2.83 bits per heavy atom. The molecule has 1 rings (SSSR count). The van der Waals surface area contributed by atoms with Gasteiger partial charge in [-0.1, -0.05) is 11.6 Å². The largest absolute Gasteiger partial charge is 0.275 e. The molecule has 1 heterocycles. The first kappa shape index (κ1) is 8.98. The normalized spacial score (nSPS) is 9.08. The molecule has 0 unspecified atom stereocenters. The highest BCUT2D eigenvalue weighted by Crippen LogP contribution is 2.13. The molecule has 0 aliphatic rings. The molecular weight excluding hydrogens is 199 g/mol. The molecule has 5 heteroatoms. The first-order valence-corrected chi connectivity index (χ1v) is 3.66. The minimum atomic E-state index is -0.712. The van der Waals surface area contributed by atoms with Gasteiger partial charge in [-0.15, -0.1) is 0 Å². The number of aromatic nitrogens is 1. The van der Waals surface area contributed by atoms with Gasteiger partial charge < -0.3 is 0 Å². The van der Waals surface area contributed by atoms with Gasteiger partial charge in [-0.05, 0) is 17.7 Å². The van der Waals surface area contributed by atoms with E-state index in [1.165, 1.54) is 12.3 Å². The van der Waals surface area contributed by atoms with E-state index in [4.69, 9.17) is 28.5 Å². The van der Waals surface area contributed by atoms with Gasteiger partial charge in [-0.25, -0.2) is 4.98 Å². The van der Waals surface area contributed by atoms with Crippen LogP contribution in [0.4, 0.5) is 0 Å². The first-order chi connectivity index (χ1) is 5.65. The van der Waals surface area contributed by atoms with Gasteiger partial charge in [0.05, 0.1) is 11.1 Å². The van der Waals surface area contributed by atoms with Crippen LogP contribution >= 0.6 is 23.2 Å². The Bertz CT molecular complexity index is 370. The van der Waals surface area contributed by atoms with Crippen LogP contribution in [-0.2, 0) is 0 Å². The Labute approximate surface area is 78.5 Å². The molecule has 0 bridgehead atoms. The minimum absolute atomic E-state index is 0.0727. The van der Waals surface area contributed by atoms with E-state index in [0.29, 0.717) is 0 Å². The number of nitrogens with zero attached hydrogens (tertiary/aromatic N) is 2. The van der Waals surface area contributed by atoms with Crippen LogP contribution in [0.1, 0.15) is 15.9 Å². The van der Waals surface area contributed by atoms with Crippen molar-refractivity contribution in [3.05, 3.63) is 28.5 Å². The molecule has 0 spiro atoms. The molecular formula is C7H2Cl2N2O. The monoisotopic (exact) mass is 200 g/mol. The van der Waals surface area contributed by atoms with Crippen molar-refractivity contribution in [3.63, 3.8) is 0 Å². The molecule has 0 atom stereocenters. The van der Waals surface area contributed by atoms with E-state index in [1.54, 1.807) is 6.07 Å². The first-order valence-electron chi connectivity index (χ1n) is 2.90. The lowest BCUT2D eigenvalue weighted by molar-refractivity contribution is 0.108. The standard InChI is InChI=1S/C7H2Cl2N2O/c8-6-1-4(2-10)5(3-11-6)7(9)12/h1,3H. The third kappa shape index (κ3) is 1.73. The maximum absolute atomic E-state index is 10.7. The SMILES string of the molecule is N#Cc1cc(Cl)ncc1C(=O)Cl. The number of halogens is 2. The molecule has 1 aromatic rings. The second kappa shape index (κ2) is 3.53. The van der Waals surface area contributed by atoms with Crippen LogP contribution in [-0.4, -0.2) is 10.2 Å². The van der Waals surface area contributed by atoms with Crippen molar-refractivity contribution in [2.24, 2.45) is 0 Å². The van der Waals surface area contributed by atoms with E-state index in [1.807, 2.05) is 0 Å². The maximum Gasteiger partial charge on any atom is 0.255 e. The number of pyridine rings is 1. The zero-order chi connectivity index (χ0) is 9.14. The van der Waals surface area contributed by atoms with Gasteiger partial charge >= 0.3 is 0 Å². The highest BCUT2D eigenvalue weighted by atomic mass is 35.5. The lowest BCUT2D eigenvalue weighted by Gasteiger charge is -1.95. The second-order valence-corrected chi connectivity index (χ2v) is 2.67. The molecule has 0 amide bonds. The third-order valence-electron chi connectivity index (χ3n) is 1.20. The van der Waals surface area contributed by atoms with Crippen LogP contribution in [0.15, 0.2) is 12.3 Å². The van der Waals surface area contributed by atoms with Gasteiger partial charge in [0.15, 0.2) is 0 Å². The second-order valence-electron chi connectivity index (χ2n) is 1.94. The summed E-state index contributed by atoms with van der Waals surface area (Å²) in [6, 6.07) is 3.08. The van der Waals surface area contributed by atoms with Crippen LogP contribution in [0.2, 0.25) is 5.15 Å². The summed E-state index contributed by atoms with van der Waals surface area (Å²) in [5.74, 6) is 0. The molecule has 0 N–H and O–H groups in total. The smallest absolute Gasteiger partial charge is 0.255 e. The molecule has 0 fully saturated rings. The maximum atomic E-state index is 10.7. The van der Waals surface area contributed by atoms with Crippen molar-refractivity contribution in [1.29, 1.82) is 5.26 Å². The van der Waals surface area contributed by atoms with Crippen molar-refractivity contribution in [2.75, 3.05) is 0 Å². The third-order valence-corrected chi connectivity index (χ3v) is 1.61. The number of rotatable bonds is 1. The molecule has 0 aliphatic carbocycles. The zero-order valence-corrected chi connectivity index (χ0v) is 7.23. The summed E-state index contributed by atoms with van der Waals surface area (Å²) in [5.41, 5.74) is 0.207. The Morgan fingerprint density at radius 1 is 1.67 bits per heavy atom. The van der Waals surface area contributed by atoms with Crippen molar-refractivity contribution in [1.82, 2.24) is 4.98 Å². The van der Waals surface area contributed by atoms with Gasteiger partial charge in [0.2, 0.25) is 0 Å². The number of hydrogen-bond donors (Lipinski definition) is 0. The Hall–Kier alpha value is -1.11. The van der Waals surface area contributed by atoms with Crippen LogP contribution < -0.4 is 0 Å². The number of carbonyl (C=O) groups excluding carboxylic acids is 1. The Balaban J connectivity index is 3.32. The molecule has 12 heavy (non-hydrogen) atoms. The molecule has 0 radical (unpaired) electrons. The molecule has 0 aliphatic heterocycles. The highest BCUT2D eigenvalue weighted by molar-refractivity contribution is 6.68. The summed E-state index contributed by atoms with van der Waals surface area (Å²) < 4.78 is 0. The molecule has 60 valence electrons. The van der Waals surface area contributed by atoms with Crippen LogP contribution in [0.3, 0.4) is 0 Å². The van der Waals surface area contributed by atoms with Crippen molar-refractivity contribution in [3.8, 4) is 6.07 Å². The highest BCUT2D eigenvalue weighted by Gasteiger charge is 2.09. The van der Waals surface area contributed by atoms with E-state index >= 15 is 0 Å². The van der Waals surface area contributed by atoms with Gasteiger partial charge in [0.1, 0.15) is 11.2 Å². The summed E-state index contributed by atoms with van der Waals surface area (Å²) in [5, 5.41) is 7.99. The Morgan fingerprint density at radius 2 is 2.33 bits per heavy atom. The molecule has 0 aromatic carbocycles. The van der Waals surface area contributed by atoms with Crippen molar-refractivity contribution >= 4 is 28.4 Å². The van der Waals surface area contributed by atoms with Crippen LogP contribution in [0.25, 0.3) is 0 Å². The fraction of sp³-hybridized carbons (Fsp3) is 0. The van der Waals surface area contributed by atoms with E-state index < -0.39 is 5.24 Å². The fourth-order valence-corrected chi connectivity index (χ4v) is 0.988. The minimum Gasteiger partial charge on any atom is -0.275 e. The average molecular weight is 201 g/mol. The predicted octanol–water partition coefficient (Wildman–Crippen LogP) is 1.99. The summed E-state index contributed by atoms with van der Waals surface area (Å²) in [6.07, 6.45) is 1.18. The molecule has 3 nitrogen and oxygen atoms in total. The predicted molar refractivity (Wildman–Crippen MR) is 44.1 cm³/mol. The van der Waals surface area contributed by atoms with E-state index in [2.05, 4.69) is 4.98 Å². The number of nitriles is 1. The van der Waals surface area contributed by atoms with Crippen molar-refractivity contribution in [2.45, 2.75) is 0 Å². The topological polar surface area (TPSA) is 53.8 Å². The van der Waals surface area contributed by atoms with Gasteiger partial charge in [-0.3, -0.25) is 4.79 Å². The summed E-state index contributed by atoms with van der Waals surface area (Å²) in [7, 11) is 0. The summed E-state index contributed by atoms with van der Waals surface area (Å²) in [4.78, 5) is 14.3. The summed E-state index contributed by atoms with van der Waals surface area (Å²) in [6.45, 7) is 0. The number of hydrogen-bond acceptors (Lipinski definition) is 3.